The quantitative estimate of drug-likeness (QED) is 0.667. The minimum Gasteiger partial charge on any atom is -0.435 e. The van der Waals surface area contributed by atoms with Crippen LogP contribution in [0.4, 0.5) is 0 Å². The van der Waals surface area contributed by atoms with E-state index < -0.39 is 0 Å². The number of nitrogens with zero attached hydrogens (tertiary/aromatic N) is 2. The molecule has 0 radical (unpaired) electrons. The molecule has 0 atom stereocenters. The van der Waals surface area contributed by atoms with Gasteiger partial charge in [-0.1, -0.05) is 11.6 Å². The molecule has 2 heterocycles. The Morgan fingerprint density at radius 1 is 1.26 bits per heavy atom. The number of fused-ring (bicyclic) bond motifs is 1. The van der Waals surface area contributed by atoms with Crippen molar-refractivity contribution in [1.82, 2.24) is 9.97 Å². The molecule has 3 aromatic rings. The van der Waals surface area contributed by atoms with E-state index in [4.69, 9.17) is 16.0 Å². The second kappa shape index (κ2) is 4.48. The summed E-state index contributed by atoms with van der Waals surface area (Å²) in [6.07, 6.45) is 1.51. The zero-order chi connectivity index (χ0) is 13.4. The monoisotopic (exact) mass is 272 g/mol. The zero-order valence-corrected chi connectivity index (χ0v) is 10.8. The molecular weight excluding hydrogens is 264 g/mol. The molecule has 1 aromatic carbocycles. The van der Waals surface area contributed by atoms with Gasteiger partial charge in [0, 0.05) is 22.8 Å². The van der Waals surface area contributed by atoms with Crippen molar-refractivity contribution in [1.29, 1.82) is 0 Å². The third-order valence-electron chi connectivity index (χ3n) is 2.74. The summed E-state index contributed by atoms with van der Waals surface area (Å²) < 4.78 is 5.59. The summed E-state index contributed by atoms with van der Waals surface area (Å²) in [5.41, 5.74) is 2.47. The van der Waals surface area contributed by atoms with Crippen molar-refractivity contribution < 1.29 is 9.21 Å². The number of benzene rings is 1. The van der Waals surface area contributed by atoms with Crippen molar-refractivity contribution >= 4 is 28.5 Å². The SMILES string of the molecule is CC(=O)c1ccc(-c2nc3ccc(Cl)cc3o2)nc1. The van der Waals surface area contributed by atoms with Crippen molar-refractivity contribution in [3.05, 3.63) is 47.1 Å². The van der Waals surface area contributed by atoms with Gasteiger partial charge in [0.25, 0.3) is 0 Å². The Morgan fingerprint density at radius 2 is 2.11 bits per heavy atom. The maximum atomic E-state index is 11.2. The average Bonchev–Trinajstić information content (AvgIpc) is 2.81. The summed E-state index contributed by atoms with van der Waals surface area (Å²) in [6, 6.07) is 8.66. The van der Waals surface area contributed by atoms with E-state index in [2.05, 4.69) is 9.97 Å². The third kappa shape index (κ3) is 2.22. The van der Waals surface area contributed by atoms with Crippen molar-refractivity contribution in [3.8, 4) is 11.6 Å². The maximum Gasteiger partial charge on any atom is 0.246 e. The van der Waals surface area contributed by atoms with Crippen molar-refractivity contribution in [3.63, 3.8) is 0 Å². The number of carbonyl (C=O) groups excluding carboxylic acids is 1. The van der Waals surface area contributed by atoms with Crippen LogP contribution in [0.15, 0.2) is 40.9 Å². The molecule has 4 nitrogen and oxygen atoms in total. The van der Waals surface area contributed by atoms with Gasteiger partial charge in [0.1, 0.15) is 11.2 Å². The first kappa shape index (κ1) is 11.9. The highest BCUT2D eigenvalue weighted by atomic mass is 35.5. The second-order valence-corrected chi connectivity index (χ2v) is 4.56. The summed E-state index contributed by atoms with van der Waals surface area (Å²) in [5.74, 6) is 0.385. The molecular formula is C14H9ClN2O2. The molecule has 0 spiro atoms. The fraction of sp³-hybridized carbons (Fsp3) is 0.0714. The number of hydrogen-bond donors (Lipinski definition) is 0. The van der Waals surface area contributed by atoms with Gasteiger partial charge < -0.3 is 4.42 Å². The van der Waals surface area contributed by atoms with Crippen molar-refractivity contribution in [2.75, 3.05) is 0 Å². The molecule has 0 unspecified atom stereocenters. The predicted molar refractivity (Wildman–Crippen MR) is 72.3 cm³/mol. The average molecular weight is 273 g/mol. The van der Waals surface area contributed by atoms with Crippen LogP contribution in [0.2, 0.25) is 5.02 Å². The fourth-order valence-corrected chi connectivity index (χ4v) is 1.90. The van der Waals surface area contributed by atoms with Gasteiger partial charge in [-0.15, -0.1) is 0 Å². The number of rotatable bonds is 2. The summed E-state index contributed by atoms with van der Waals surface area (Å²) in [7, 11) is 0. The topological polar surface area (TPSA) is 56.0 Å². The summed E-state index contributed by atoms with van der Waals surface area (Å²) in [4.78, 5) is 19.7. The van der Waals surface area contributed by atoms with Gasteiger partial charge in [0.15, 0.2) is 11.4 Å². The third-order valence-corrected chi connectivity index (χ3v) is 2.97. The van der Waals surface area contributed by atoms with Crippen LogP contribution in [0.1, 0.15) is 17.3 Å². The van der Waals surface area contributed by atoms with E-state index in [0.717, 1.165) is 5.52 Å². The highest BCUT2D eigenvalue weighted by Crippen LogP contribution is 2.25. The summed E-state index contributed by atoms with van der Waals surface area (Å²) in [5, 5.41) is 0.593. The fourth-order valence-electron chi connectivity index (χ4n) is 1.74. The molecule has 0 aliphatic carbocycles. The Balaban J connectivity index is 2.06. The van der Waals surface area contributed by atoms with Gasteiger partial charge in [-0.3, -0.25) is 9.78 Å². The van der Waals surface area contributed by atoms with Crippen LogP contribution in [0.3, 0.4) is 0 Å². The summed E-state index contributed by atoms with van der Waals surface area (Å²) >= 11 is 5.89. The van der Waals surface area contributed by atoms with E-state index >= 15 is 0 Å². The lowest BCUT2D eigenvalue weighted by Gasteiger charge is -1.96. The molecule has 0 aliphatic rings. The van der Waals surface area contributed by atoms with Gasteiger partial charge in [-0.2, -0.15) is 0 Å². The van der Waals surface area contributed by atoms with E-state index in [-0.39, 0.29) is 5.78 Å². The van der Waals surface area contributed by atoms with Gasteiger partial charge in [-0.05, 0) is 31.2 Å². The van der Waals surface area contributed by atoms with E-state index in [9.17, 15) is 4.79 Å². The van der Waals surface area contributed by atoms with Crippen LogP contribution in [0.25, 0.3) is 22.7 Å². The molecule has 94 valence electrons. The second-order valence-electron chi connectivity index (χ2n) is 4.12. The number of hydrogen-bond acceptors (Lipinski definition) is 4. The molecule has 0 saturated heterocycles. The number of ketones is 1. The first-order valence-electron chi connectivity index (χ1n) is 5.67. The predicted octanol–water partition coefficient (Wildman–Crippen LogP) is 3.75. The molecule has 0 fully saturated rings. The van der Waals surface area contributed by atoms with Crippen LogP contribution >= 0.6 is 11.6 Å². The largest absolute Gasteiger partial charge is 0.435 e. The van der Waals surface area contributed by atoms with Gasteiger partial charge >= 0.3 is 0 Å². The van der Waals surface area contributed by atoms with E-state index in [1.165, 1.54) is 13.1 Å². The molecule has 2 aromatic heterocycles. The molecule has 0 N–H and O–H groups in total. The van der Waals surface area contributed by atoms with E-state index in [1.54, 1.807) is 30.3 Å². The number of Topliss-reactive ketones (excluding diaryl/α,β-unsaturated/α-hetero) is 1. The lowest BCUT2D eigenvalue weighted by atomic mass is 10.2. The smallest absolute Gasteiger partial charge is 0.246 e. The lowest BCUT2D eigenvalue weighted by molar-refractivity contribution is 0.101. The number of halogens is 1. The Bertz CT molecular complexity index is 763. The highest BCUT2D eigenvalue weighted by molar-refractivity contribution is 6.31. The Hall–Kier alpha value is -2.20. The summed E-state index contributed by atoms with van der Waals surface area (Å²) in [6.45, 7) is 1.50. The standard InChI is InChI=1S/C14H9ClN2O2/c1-8(18)9-2-4-12(16-7-9)14-17-11-5-3-10(15)6-13(11)19-14/h2-7H,1H3. The molecule has 0 saturated carbocycles. The first-order chi connectivity index (χ1) is 9.13. The lowest BCUT2D eigenvalue weighted by Crippen LogP contribution is -1.93. The molecule has 19 heavy (non-hydrogen) atoms. The maximum absolute atomic E-state index is 11.2. The van der Waals surface area contributed by atoms with E-state index in [0.29, 0.717) is 27.8 Å². The minimum atomic E-state index is -0.0246. The van der Waals surface area contributed by atoms with Crippen molar-refractivity contribution in [2.24, 2.45) is 0 Å². The van der Waals surface area contributed by atoms with Crippen LogP contribution in [-0.4, -0.2) is 15.8 Å². The number of aromatic nitrogens is 2. The minimum absolute atomic E-state index is 0.0246. The van der Waals surface area contributed by atoms with Crippen LogP contribution in [0, 0.1) is 0 Å². The van der Waals surface area contributed by atoms with Gasteiger partial charge in [0.2, 0.25) is 5.89 Å². The Labute approximate surface area is 114 Å². The Morgan fingerprint density at radius 3 is 2.79 bits per heavy atom. The normalized spacial score (nSPS) is 10.8. The van der Waals surface area contributed by atoms with Gasteiger partial charge in [0.05, 0.1) is 0 Å². The number of pyridine rings is 1. The zero-order valence-electron chi connectivity index (χ0n) is 10.1. The Kier molecular flexibility index (Phi) is 2.80. The van der Waals surface area contributed by atoms with Crippen LogP contribution < -0.4 is 0 Å². The first-order valence-corrected chi connectivity index (χ1v) is 6.05. The molecule has 5 heteroatoms. The van der Waals surface area contributed by atoms with Crippen LogP contribution in [0.5, 0.6) is 0 Å². The molecule has 0 aliphatic heterocycles. The van der Waals surface area contributed by atoms with Gasteiger partial charge in [-0.25, -0.2) is 4.98 Å². The number of carbonyl (C=O) groups is 1. The van der Waals surface area contributed by atoms with E-state index in [1.807, 2.05) is 0 Å². The van der Waals surface area contributed by atoms with Crippen molar-refractivity contribution in [2.45, 2.75) is 6.92 Å². The highest BCUT2D eigenvalue weighted by Gasteiger charge is 2.10. The number of oxazole rings is 1. The molecule has 3 rings (SSSR count). The molecule has 0 bridgehead atoms. The molecule has 0 amide bonds. The van der Waals surface area contributed by atoms with Crippen LogP contribution in [-0.2, 0) is 0 Å².